The van der Waals surface area contributed by atoms with Crippen LogP contribution in [0, 0.1) is 11.7 Å². The summed E-state index contributed by atoms with van der Waals surface area (Å²) < 4.78 is 21.4. The average Bonchev–Trinajstić information content (AvgIpc) is 3.83. The molecule has 0 aliphatic carbocycles. The highest BCUT2D eigenvalue weighted by atomic mass is 19.1. The second-order valence-electron chi connectivity index (χ2n) is 16.6. The van der Waals surface area contributed by atoms with Crippen LogP contribution in [0.2, 0.25) is 0 Å². The first-order valence-corrected chi connectivity index (χ1v) is 20.9. The van der Waals surface area contributed by atoms with Gasteiger partial charge in [0.15, 0.2) is 17.1 Å². The van der Waals surface area contributed by atoms with Crippen LogP contribution < -0.4 is 31.1 Å². The summed E-state index contributed by atoms with van der Waals surface area (Å²) in [6.45, 7) is 8.44. The number of fused-ring (bicyclic) bond motifs is 1. The summed E-state index contributed by atoms with van der Waals surface area (Å²) in [6, 6.07) is 10.9. The van der Waals surface area contributed by atoms with Gasteiger partial charge in [-0.05, 0) is 68.4 Å². The minimum Gasteiger partial charge on any atom is -0.371 e. The summed E-state index contributed by atoms with van der Waals surface area (Å²) >= 11 is 0. The zero-order valence-electron chi connectivity index (χ0n) is 33.7. The zero-order valence-corrected chi connectivity index (χ0v) is 33.7. The number of hydrogen-bond acceptors (Lipinski definition) is 14. The van der Waals surface area contributed by atoms with E-state index in [2.05, 4.69) is 51.7 Å². The van der Waals surface area contributed by atoms with Gasteiger partial charge < -0.3 is 40.1 Å². The molecule has 2 aromatic carbocycles. The molecule has 2 atom stereocenters. The molecule has 4 N–H and O–H groups in total. The van der Waals surface area contributed by atoms with Crippen molar-refractivity contribution < 1.29 is 28.1 Å². The molecule has 0 spiro atoms. The lowest BCUT2D eigenvalue weighted by Crippen LogP contribution is -2.49. The summed E-state index contributed by atoms with van der Waals surface area (Å²) in [5.41, 5.74) is 8.68. The number of rotatable bonds is 10. The van der Waals surface area contributed by atoms with Crippen LogP contribution >= 0.6 is 0 Å². The first-order chi connectivity index (χ1) is 29.1. The molecule has 5 saturated heterocycles. The highest BCUT2D eigenvalue weighted by molar-refractivity contribution is 6.02. The SMILES string of the molecule is CN1CCN(C2CCCN(c3nnc(C(N)=O)c(Nc4ccc(N5CCN(CC6CCN(c7ccc8c(C9CCC(=O)NC9=O)noc8c7)CC6)CC5)c(F)c4)n3)C2)C1=O. The van der Waals surface area contributed by atoms with Crippen molar-refractivity contribution in [2.45, 2.75) is 50.5 Å². The largest absolute Gasteiger partial charge is 0.371 e. The Morgan fingerprint density at radius 2 is 1.73 bits per heavy atom. The van der Waals surface area contributed by atoms with E-state index in [9.17, 15) is 19.2 Å². The number of piperidine rings is 3. The third-order valence-corrected chi connectivity index (χ3v) is 12.7. The van der Waals surface area contributed by atoms with E-state index in [1.807, 2.05) is 21.9 Å². The number of nitrogens with two attached hydrogens (primary N) is 1. The lowest BCUT2D eigenvalue weighted by molar-refractivity contribution is -0.134. The van der Waals surface area contributed by atoms with Crippen LogP contribution in [-0.2, 0) is 9.59 Å². The van der Waals surface area contributed by atoms with Crippen LogP contribution in [-0.4, -0.2) is 144 Å². The van der Waals surface area contributed by atoms with Crippen LogP contribution in [0.25, 0.3) is 11.0 Å². The first-order valence-electron chi connectivity index (χ1n) is 20.9. The third kappa shape index (κ3) is 7.97. The first kappa shape index (κ1) is 39.4. The van der Waals surface area contributed by atoms with Crippen molar-refractivity contribution in [3.63, 3.8) is 0 Å². The number of aromatic nitrogens is 4. The highest BCUT2D eigenvalue weighted by Gasteiger charge is 2.36. The van der Waals surface area contributed by atoms with E-state index in [0.717, 1.165) is 69.5 Å². The second kappa shape index (κ2) is 16.5. The standard InChI is InChI=1S/C41H50FN13O5/c1-50-15-20-55(41(50)59)28-3-2-12-54(24-28)40-46-38(36(37(43)57)47-48-40)44-26-4-8-32(31(42)21-26)53-18-16-51(17-19-53)23-25-10-13-52(14-11-25)27-5-6-29-33(22-27)60-49-35(29)30-7-9-34(56)45-39(30)58/h4-6,8,21-22,25,28,30H,2-3,7,9-20,23-24H2,1H3,(H2,43,57)(H,44,46,48)(H,45,56,58). The number of anilines is 5. The maximum absolute atomic E-state index is 15.7. The van der Waals surface area contributed by atoms with Gasteiger partial charge in [-0.25, -0.2) is 9.18 Å². The number of likely N-dealkylation sites (N-methyl/N-ethyl adjacent to an activating group) is 1. The predicted molar refractivity (Wildman–Crippen MR) is 221 cm³/mol. The van der Waals surface area contributed by atoms with Crippen molar-refractivity contribution in [1.82, 2.24) is 40.4 Å². The van der Waals surface area contributed by atoms with E-state index in [1.165, 1.54) is 6.07 Å². The Labute approximate surface area is 346 Å². The molecule has 5 amide bonds. The Hall–Kier alpha value is -6.11. The fourth-order valence-corrected chi connectivity index (χ4v) is 9.34. The molecule has 5 aliphatic rings. The fourth-order valence-electron chi connectivity index (χ4n) is 9.34. The van der Waals surface area contributed by atoms with Crippen molar-refractivity contribution >= 4 is 63.6 Å². The van der Waals surface area contributed by atoms with Gasteiger partial charge in [0.05, 0.1) is 17.6 Å². The molecule has 2 aromatic heterocycles. The van der Waals surface area contributed by atoms with Gasteiger partial charge in [-0.3, -0.25) is 24.6 Å². The minimum absolute atomic E-state index is 0.00912. The number of imide groups is 1. The van der Waals surface area contributed by atoms with E-state index >= 15 is 4.39 Å². The maximum Gasteiger partial charge on any atom is 0.320 e. The number of urea groups is 1. The molecule has 5 aliphatic heterocycles. The van der Waals surface area contributed by atoms with E-state index in [4.69, 9.17) is 10.3 Å². The number of nitrogens with zero attached hydrogens (tertiary/aromatic N) is 10. The number of hydrogen-bond donors (Lipinski definition) is 3. The number of primary amides is 1. The Kier molecular flexibility index (Phi) is 10.8. The van der Waals surface area contributed by atoms with E-state index in [1.54, 1.807) is 24.1 Å². The molecule has 7 heterocycles. The van der Waals surface area contributed by atoms with Crippen LogP contribution in [0.4, 0.5) is 38.0 Å². The highest BCUT2D eigenvalue weighted by Crippen LogP contribution is 2.34. The van der Waals surface area contributed by atoms with Crippen molar-refractivity contribution in [2.24, 2.45) is 11.7 Å². The molecule has 19 heteroatoms. The number of amides is 5. The quantitative estimate of drug-likeness (QED) is 0.197. The molecule has 60 heavy (non-hydrogen) atoms. The van der Waals surface area contributed by atoms with E-state index < -0.39 is 17.6 Å². The third-order valence-electron chi connectivity index (χ3n) is 12.7. The van der Waals surface area contributed by atoms with Crippen LogP contribution in [0.3, 0.4) is 0 Å². The number of carbonyl (C=O) groups is 4. The Bertz CT molecular complexity index is 2290. The number of carbonyl (C=O) groups excluding carboxylic acids is 4. The van der Waals surface area contributed by atoms with Crippen molar-refractivity contribution in [3.05, 3.63) is 53.6 Å². The van der Waals surface area contributed by atoms with Crippen LogP contribution in [0.15, 0.2) is 40.9 Å². The summed E-state index contributed by atoms with van der Waals surface area (Å²) in [7, 11) is 1.80. The van der Waals surface area contributed by atoms with Gasteiger partial charge in [-0.15, -0.1) is 10.2 Å². The maximum atomic E-state index is 15.7. The van der Waals surface area contributed by atoms with Crippen LogP contribution in [0.1, 0.15) is 60.6 Å². The molecule has 0 radical (unpaired) electrons. The van der Waals surface area contributed by atoms with Crippen molar-refractivity contribution in [1.29, 1.82) is 0 Å². The molecule has 9 rings (SSSR count). The Balaban J connectivity index is 0.769. The molecule has 316 valence electrons. The summed E-state index contributed by atoms with van der Waals surface area (Å²) in [5.74, 6) is -1.31. The normalized spacial score (nSPS) is 22.2. The molecule has 4 aromatic rings. The van der Waals surface area contributed by atoms with Gasteiger partial charge in [-0.1, -0.05) is 5.16 Å². The molecular formula is C41H50FN13O5. The van der Waals surface area contributed by atoms with Gasteiger partial charge >= 0.3 is 6.03 Å². The molecule has 0 bridgehead atoms. The Morgan fingerprint density at radius 1 is 0.917 bits per heavy atom. The zero-order chi connectivity index (χ0) is 41.5. The average molecular weight is 824 g/mol. The predicted octanol–water partition coefficient (Wildman–Crippen LogP) is 2.89. The van der Waals surface area contributed by atoms with Crippen molar-refractivity contribution in [2.75, 3.05) is 99.1 Å². The van der Waals surface area contributed by atoms with Gasteiger partial charge in [-0.2, -0.15) is 4.98 Å². The molecule has 2 unspecified atom stereocenters. The lowest BCUT2D eigenvalue weighted by Gasteiger charge is -2.40. The van der Waals surface area contributed by atoms with Gasteiger partial charge in [0.2, 0.25) is 17.8 Å². The summed E-state index contributed by atoms with van der Waals surface area (Å²) in [4.78, 5) is 66.1. The monoisotopic (exact) mass is 823 g/mol. The lowest BCUT2D eigenvalue weighted by atomic mass is 9.92. The molecule has 18 nitrogen and oxygen atoms in total. The topological polar surface area (TPSA) is 202 Å². The fraction of sp³-hybridized carbons (Fsp3) is 0.512. The smallest absolute Gasteiger partial charge is 0.320 e. The van der Waals surface area contributed by atoms with Gasteiger partial charge in [0, 0.05) is 108 Å². The van der Waals surface area contributed by atoms with E-state index in [-0.39, 0.29) is 41.8 Å². The number of halogens is 1. The van der Waals surface area contributed by atoms with Gasteiger partial charge in [0.1, 0.15) is 11.5 Å². The van der Waals surface area contributed by atoms with E-state index in [0.29, 0.717) is 80.2 Å². The number of piperazine rings is 1. The molecular weight excluding hydrogens is 774 g/mol. The second-order valence-corrected chi connectivity index (χ2v) is 16.6. The molecule has 0 saturated carbocycles. The summed E-state index contributed by atoms with van der Waals surface area (Å²) in [5, 5.41) is 18.8. The van der Waals surface area contributed by atoms with Crippen molar-refractivity contribution in [3.8, 4) is 0 Å². The van der Waals surface area contributed by atoms with Crippen LogP contribution in [0.5, 0.6) is 0 Å². The summed E-state index contributed by atoms with van der Waals surface area (Å²) in [6.07, 6.45) is 4.53. The number of nitrogens with one attached hydrogen (secondary N) is 2. The van der Waals surface area contributed by atoms with Gasteiger partial charge in [0.25, 0.3) is 5.91 Å². The number of benzene rings is 2. The Morgan fingerprint density at radius 3 is 2.47 bits per heavy atom. The minimum atomic E-state index is -0.806. The molecule has 5 fully saturated rings.